The molecule has 2 heterocycles. The van der Waals surface area contributed by atoms with Crippen LogP contribution < -0.4 is 0 Å². The maximum atomic E-state index is 13.1. The Kier molecular flexibility index (Phi) is 4.35. The molecular formula is C20H20FN3O. The van der Waals surface area contributed by atoms with Crippen LogP contribution >= 0.6 is 0 Å². The quantitative estimate of drug-likeness (QED) is 0.786. The van der Waals surface area contributed by atoms with E-state index in [1.807, 2.05) is 26.8 Å². The Balaban J connectivity index is 2.05. The Labute approximate surface area is 146 Å². The molecule has 1 N–H and O–H groups in total. The Morgan fingerprint density at radius 2 is 1.44 bits per heavy atom. The van der Waals surface area contributed by atoms with Crippen LogP contribution in [0.3, 0.4) is 0 Å². The standard InChI is InChI=1S/C20H20FN3O/c1-19(2,3)20(25,16-11-22-13-23-12-16)18-9-6-15(10-24-18)14-4-7-17(21)8-5-14/h4-13,25H,1-3H3. The van der Waals surface area contributed by atoms with Gasteiger partial charge in [-0.15, -0.1) is 0 Å². The minimum absolute atomic E-state index is 0.278. The lowest BCUT2D eigenvalue weighted by atomic mass is 9.70. The van der Waals surface area contributed by atoms with Crippen LogP contribution in [0, 0.1) is 11.2 Å². The minimum Gasteiger partial charge on any atom is -0.378 e. The number of hydrogen-bond donors (Lipinski definition) is 1. The molecule has 128 valence electrons. The first-order valence-electron chi connectivity index (χ1n) is 8.03. The molecule has 0 fully saturated rings. The van der Waals surface area contributed by atoms with E-state index in [0.29, 0.717) is 11.3 Å². The largest absolute Gasteiger partial charge is 0.378 e. The Morgan fingerprint density at radius 3 is 1.96 bits per heavy atom. The van der Waals surface area contributed by atoms with Gasteiger partial charge < -0.3 is 5.11 Å². The molecule has 0 spiro atoms. The summed E-state index contributed by atoms with van der Waals surface area (Å²) in [4.78, 5) is 12.6. The highest BCUT2D eigenvalue weighted by atomic mass is 19.1. The van der Waals surface area contributed by atoms with Gasteiger partial charge in [0.15, 0.2) is 0 Å². The first-order chi connectivity index (χ1) is 11.8. The highest BCUT2D eigenvalue weighted by Crippen LogP contribution is 2.43. The van der Waals surface area contributed by atoms with E-state index in [1.165, 1.54) is 18.5 Å². The molecule has 0 aliphatic heterocycles. The number of rotatable bonds is 3. The molecule has 1 atom stereocenters. The molecule has 0 radical (unpaired) electrons. The summed E-state index contributed by atoms with van der Waals surface area (Å²) in [7, 11) is 0. The van der Waals surface area contributed by atoms with Crippen molar-refractivity contribution in [1.29, 1.82) is 0 Å². The van der Waals surface area contributed by atoms with E-state index in [2.05, 4.69) is 15.0 Å². The first-order valence-corrected chi connectivity index (χ1v) is 8.03. The number of nitrogens with zero attached hydrogens (tertiary/aromatic N) is 3. The summed E-state index contributed by atoms with van der Waals surface area (Å²) in [6.07, 6.45) is 6.32. The molecule has 3 rings (SSSR count). The fourth-order valence-corrected chi connectivity index (χ4v) is 2.87. The summed E-state index contributed by atoms with van der Waals surface area (Å²) in [5.41, 5.74) is 0.954. The molecule has 2 aromatic heterocycles. The summed E-state index contributed by atoms with van der Waals surface area (Å²) in [5.74, 6) is -0.278. The molecule has 0 saturated heterocycles. The smallest absolute Gasteiger partial charge is 0.139 e. The molecule has 1 aromatic carbocycles. The van der Waals surface area contributed by atoms with Crippen LogP contribution in [0.4, 0.5) is 4.39 Å². The van der Waals surface area contributed by atoms with Crippen molar-refractivity contribution in [2.24, 2.45) is 5.41 Å². The highest BCUT2D eigenvalue weighted by Gasteiger charge is 2.45. The van der Waals surface area contributed by atoms with Crippen molar-refractivity contribution in [2.45, 2.75) is 26.4 Å². The number of aromatic nitrogens is 3. The van der Waals surface area contributed by atoms with Crippen molar-refractivity contribution < 1.29 is 9.50 Å². The van der Waals surface area contributed by atoms with Crippen molar-refractivity contribution >= 4 is 0 Å². The third-order valence-electron chi connectivity index (χ3n) is 4.38. The number of halogens is 1. The van der Waals surface area contributed by atoms with Crippen molar-refractivity contribution in [3.63, 3.8) is 0 Å². The number of hydrogen-bond acceptors (Lipinski definition) is 4. The van der Waals surface area contributed by atoms with E-state index in [1.54, 1.807) is 36.8 Å². The molecule has 5 heteroatoms. The molecule has 1 unspecified atom stereocenters. The molecular weight excluding hydrogens is 317 g/mol. The second kappa shape index (κ2) is 6.33. The molecule has 4 nitrogen and oxygen atoms in total. The fourth-order valence-electron chi connectivity index (χ4n) is 2.87. The number of benzene rings is 1. The van der Waals surface area contributed by atoms with Crippen LogP contribution in [-0.4, -0.2) is 20.1 Å². The van der Waals surface area contributed by atoms with Gasteiger partial charge in [-0.25, -0.2) is 14.4 Å². The minimum atomic E-state index is -1.34. The normalized spacial score (nSPS) is 14.1. The number of pyridine rings is 1. The zero-order chi connectivity index (χ0) is 18.1. The van der Waals surface area contributed by atoms with Gasteiger partial charge in [-0.05, 0) is 23.8 Å². The molecule has 25 heavy (non-hydrogen) atoms. The van der Waals surface area contributed by atoms with E-state index in [-0.39, 0.29) is 5.82 Å². The summed E-state index contributed by atoms with van der Waals surface area (Å²) in [5, 5.41) is 11.5. The van der Waals surface area contributed by atoms with Crippen LogP contribution in [0.15, 0.2) is 61.3 Å². The van der Waals surface area contributed by atoms with E-state index in [0.717, 1.165) is 11.1 Å². The van der Waals surface area contributed by atoms with Gasteiger partial charge in [0.1, 0.15) is 17.7 Å². The zero-order valence-corrected chi connectivity index (χ0v) is 14.4. The monoisotopic (exact) mass is 337 g/mol. The molecule has 0 saturated carbocycles. The maximum absolute atomic E-state index is 13.1. The summed E-state index contributed by atoms with van der Waals surface area (Å²) >= 11 is 0. The van der Waals surface area contributed by atoms with Crippen LogP contribution in [0.5, 0.6) is 0 Å². The summed E-state index contributed by atoms with van der Waals surface area (Å²) in [6.45, 7) is 5.82. The second-order valence-corrected chi connectivity index (χ2v) is 7.03. The lowest BCUT2D eigenvalue weighted by molar-refractivity contribution is -0.0301. The second-order valence-electron chi connectivity index (χ2n) is 7.03. The predicted molar refractivity (Wildman–Crippen MR) is 94.1 cm³/mol. The van der Waals surface area contributed by atoms with Gasteiger partial charge in [-0.2, -0.15) is 0 Å². The van der Waals surface area contributed by atoms with Crippen LogP contribution in [0.1, 0.15) is 32.0 Å². The Morgan fingerprint density at radius 1 is 0.840 bits per heavy atom. The Bertz CT molecular complexity index is 843. The topological polar surface area (TPSA) is 58.9 Å². The first kappa shape index (κ1) is 17.2. The van der Waals surface area contributed by atoms with Crippen LogP contribution in [-0.2, 0) is 5.60 Å². The van der Waals surface area contributed by atoms with Gasteiger partial charge in [0, 0.05) is 35.1 Å². The molecule has 0 bridgehead atoms. The van der Waals surface area contributed by atoms with Crippen LogP contribution in [0.25, 0.3) is 11.1 Å². The molecule has 0 amide bonds. The lowest BCUT2D eigenvalue weighted by Crippen LogP contribution is -2.42. The zero-order valence-electron chi connectivity index (χ0n) is 14.4. The van der Waals surface area contributed by atoms with E-state index in [9.17, 15) is 9.50 Å². The lowest BCUT2D eigenvalue weighted by Gasteiger charge is -2.39. The van der Waals surface area contributed by atoms with Crippen molar-refractivity contribution in [3.05, 3.63) is 78.4 Å². The van der Waals surface area contributed by atoms with Crippen LogP contribution in [0.2, 0.25) is 0 Å². The van der Waals surface area contributed by atoms with Gasteiger partial charge in [0.25, 0.3) is 0 Å². The van der Waals surface area contributed by atoms with Gasteiger partial charge in [0.05, 0.1) is 5.69 Å². The fraction of sp³-hybridized carbons (Fsp3) is 0.250. The van der Waals surface area contributed by atoms with E-state index >= 15 is 0 Å². The SMILES string of the molecule is CC(C)(C)C(O)(c1cncnc1)c1ccc(-c2ccc(F)cc2)cn1. The molecule has 3 aromatic rings. The summed E-state index contributed by atoms with van der Waals surface area (Å²) < 4.78 is 13.1. The van der Waals surface area contributed by atoms with E-state index in [4.69, 9.17) is 0 Å². The van der Waals surface area contributed by atoms with E-state index < -0.39 is 11.0 Å². The predicted octanol–water partition coefficient (Wildman–Crippen LogP) is 3.96. The number of aliphatic hydroxyl groups is 1. The average molecular weight is 337 g/mol. The van der Waals surface area contributed by atoms with Crippen molar-refractivity contribution in [3.8, 4) is 11.1 Å². The van der Waals surface area contributed by atoms with Gasteiger partial charge in [-0.1, -0.05) is 39.0 Å². The third kappa shape index (κ3) is 3.15. The maximum Gasteiger partial charge on any atom is 0.139 e. The van der Waals surface area contributed by atoms with Gasteiger partial charge in [-0.3, -0.25) is 4.98 Å². The Hall–Kier alpha value is -2.66. The molecule has 0 aliphatic rings. The highest BCUT2D eigenvalue weighted by molar-refractivity contribution is 5.62. The van der Waals surface area contributed by atoms with Gasteiger partial charge >= 0.3 is 0 Å². The third-order valence-corrected chi connectivity index (χ3v) is 4.38. The van der Waals surface area contributed by atoms with Crippen molar-refractivity contribution in [1.82, 2.24) is 15.0 Å². The molecule has 0 aliphatic carbocycles. The van der Waals surface area contributed by atoms with Gasteiger partial charge in [0.2, 0.25) is 0 Å². The summed E-state index contributed by atoms with van der Waals surface area (Å²) in [6, 6.07) is 9.89. The van der Waals surface area contributed by atoms with Crippen molar-refractivity contribution in [2.75, 3.05) is 0 Å². The average Bonchev–Trinajstić information content (AvgIpc) is 2.62.